The molecule has 1 aliphatic carbocycles. The number of ether oxygens (including phenoxy) is 2. The molecular weight excluding hydrogens is 231 g/mol. The van der Waals surface area contributed by atoms with Crippen molar-refractivity contribution in [3.8, 4) is 0 Å². The maximum atomic E-state index is 5.31. The van der Waals surface area contributed by atoms with Crippen LogP contribution in [0.2, 0.25) is 0 Å². The lowest BCUT2D eigenvalue weighted by Gasteiger charge is -2.09. The van der Waals surface area contributed by atoms with Crippen molar-refractivity contribution in [2.45, 2.75) is 10.2 Å². The molecule has 2 rings (SSSR count). The first-order valence-electron chi connectivity index (χ1n) is 3.13. The maximum absolute atomic E-state index is 5.31. The second kappa shape index (κ2) is 2.07. The molecule has 0 radical (unpaired) electrons. The third-order valence-electron chi connectivity index (χ3n) is 2.13. The minimum atomic E-state index is 0.108. The predicted octanol–water partition coefficient (Wildman–Crippen LogP) is 1.04. The van der Waals surface area contributed by atoms with Crippen molar-refractivity contribution in [2.24, 2.45) is 11.8 Å². The van der Waals surface area contributed by atoms with E-state index in [1.54, 1.807) is 7.11 Å². The first kappa shape index (κ1) is 6.37. The molecule has 3 unspecified atom stereocenters. The van der Waals surface area contributed by atoms with Crippen LogP contribution in [0.3, 0.4) is 0 Å². The van der Waals surface area contributed by atoms with E-state index in [2.05, 4.69) is 22.6 Å². The Morgan fingerprint density at radius 1 is 1.67 bits per heavy atom. The van der Waals surface area contributed by atoms with Crippen molar-refractivity contribution in [2.75, 3.05) is 13.7 Å². The number of fused-ring (bicyclic) bond motifs is 1. The van der Waals surface area contributed by atoms with E-state index in [1.807, 2.05) is 0 Å². The van der Waals surface area contributed by atoms with Crippen molar-refractivity contribution in [3.05, 3.63) is 0 Å². The molecule has 1 heterocycles. The summed E-state index contributed by atoms with van der Waals surface area (Å²) in [6.45, 7) is 0.913. The zero-order valence-corrected chi connectivity index (χ0v) is 7.37. The fourth-order valence-electron chi connectivity index (χ4n) is 1.45. The van der Waals surface area contributed by atoms with Gasteiger partial charge in [0.15, 0.2) is 6.29 Å². The molecule has 4 atom stereocenters. The molecule has 2 aliphatic rings. The van der Waals surface area contributed by atoms with Crippen LogP contribution in [0.5, 0.6) is 0 Å². The Kier molecular flexibility index (Phi) is 1.46. The number of hydrogen-bond donors (Lipinski definition) is 0. The van der Waals surface area contributed by atoms with Gasteiger partial charge in [0, 0.05) is 22.9 Å². The lowest BCUT2D eigenvalue weighted by atomic mass is 10.4. The summed E-state index contributed by atoms with van der Waals surface area (Å²) in [5.41, 5.74) is 0. The van der Waals surface area contributed by atoms with E-state index in [1.165, 1.54) is 0 Å². The van der Waals surface area contributed by atoms with Gasteiger partial charge < -0.3 is 9.47 Å². The topological polar surface area (TPSA) is 18.5 Å². The molecule has 1 saturated carbocycles. The summed E-state index contributed by atoms with van der Waals surface area (Å²) in [7, 11) is 1.72. The molecule has 1 aliphatic heterocycles. The monoisotopic (exact) mass is 240 g/mol. The summed E-state index contributed by atoms with van der Waals surface area (Å²) in [6.07, 6.45) is 0.108. The molecule has 0 bridgehead atoms. The summed E-state index contributed by atoms with van der Waals surface area (Å²) in [6, 6.07) is 0. The van der Waals surface area contributed by atoms with Crippen LogP contribution >= 0.6 is 22.6 Å². The molecule has 2 fully saturated rings. The largest absolute Gasteiger partial charge is 0.356 e. The lowest BCUT2D eigenvalue weighted by molar-refractivity contribution is -0.107. The van der Waals surface area contributed by atoms with Crippen molar-refractivity contribution in [3.63, 3.8) is 0 Å². The van der Waals surface area contributed by atoms with Gasteiger partial charge in [0.2, 0.25) is 0 Å². The van der Waals surface area contributed by atoms with Crippen molar-refractivity contribution < 1.29 is 9.47 Å². The highest BCUT2D eigenvalue weighted by Crippen LogP contribution is 2.53. The van der Waals surface area contributed by atoms with E-state index < -0.39 is 0 Å². The molecule has 0 aromatic heterocycles. The summed E-state index contributed by atoms with van der Waals surface area (Å²) in [5.74, 6) is 1.51. The van der Waals surface area contributed by atoms with E-state index in [0.717, 1.165) is 16.4 Å². The summed E-state index contributed by atoms with van der Waals surface area (Å²) in [4.78, 5) is 0. The van der Waals surface area contributed by atoms with Gasteiger partial charge in [0.25, 0.3) is 0 Å². The van der Waals surface area contributed by atoms with Gasteiger partial charge >= 0.3 is 0 Å². The molecule has 0 aromatic carbocycles. The van der Waals surface area contributed by atoms with Crippen molar-refractivity contribution >= 4 is 22.6 Å². The van der Waals surface area contributed by atoms with Gasteiger partial charge in [-0.15, -0.1) is 0 Å². The standard InChI is InChI=1S/C6H9IO2/c1-8-6-4-3(2-9-6)5(4)7/h3-6H,2H2,1H3/t3-,4?,5?,6?/m0/s1. The Labute approximate surface area is 68.0 Å². The Morgan fingerprint density at radius 3 is 2.78 bits per heavy atom. The third kappa shape index (κ3) is 0.816. The molecule has 0 spiro atoms. The lowest BCUT2D eigenvalue weighted by Crippen LogP contribution is -2.15. The van der Waals surface area contributed by atoms with Crippen LogP contribution in [0.1, 0.15) is 0 Å². The quantitative estimate of drug-likeness (QED) is 0.503. The van der Waals surface area contributed by atoms with Crippen LogP contribution in [-0.4, -0.2) is 23.9 Å². The molecule has 0 N–H and O–H groups in total. The van der Waals surface area contributed by atoms with Gasteiger partial charge in [-0.1, -0.05) is 22.6 Å². The van der Waals surface area contributed by atoms with Gasteiger partial charge in [0.05, 0.1) is 6.61 Å². The number of halogens is 1. The minimum absolute atomic E-state index is 0.108. The molecule has 9 heavy (non-hydrogen) atoms. The molecular formula is C6H9IO2. The molecule has 0 aromatic rings. The van der Waals surface area contributed by atoms with E-state index in [9.17, 15) is 0 Å². The van der Waals surface area contributed by atoms with Gasteiger partial charge in [0.1, 0.15) is 0 Å². The van der Waals surface area contributed by atoms with E-state index >= 15 is 0 Å². The van der Waals surface area contributed by atoms with Gasteiger partial charge in [-0.3, -0.25) is 0 Å². The first-order valence-corrected chi connectivity index (χ1v) is 4.37. The predicted molar refractivity (Wildman–Crippen MR) is 41.5 cm³/mol. The highest BCUT2D eigenvalue weighted by molar-refractivity contribution is 14.1. The number of rotatable bonds is 1. The van der Waals surface area contributed by atoms with E-state index in [4.69, 9.17) is 9.47 Å². The Balaban J connectivity index is 1.99. The highest BCUT2D eigenvalue weighted by Gasteiger charge is 2.58. The van der Waals surface area contributed by atoms with Crippen LogP contribution in [0, 0.1) is 11.8 Å². The Morgan fingerprint density at radius 2 is 2.44 bits per heavy atom. The average molecular weight is 240 g/mol. The molecule has 52 valence electrons. The van der Waals surface area contributed by atoms with Crippen molar-refractivity contribution in [1.82, 2.24) is 0 Å². The zero-order valence-electron chi connectivity index (χ0n) is 5.21. The normalized spacial score (nSPS) is 55.3. The Bertz CT molecular complexity index is 128. The second-order valence-electron chi connectivity index (χ2n) is 2.62. The van der Waals surface area contributed by atoms with Gasteiger partial charge in [-0.2, -0.15) is 0 Å². The summed E-state index contributed by atoms with van der Waals surface area (Å²) < 4.78 is 11.2. The SMILES string of the molecule is COC1OC[C@@H]2C(I)C12. The maximum Gasteiger partial charge on any atom is 0.161 e. The number of hydrogen-bond acceptors (Lipinski definition) is 2. The molecule has 2 nitrogen and oxygen atoms in total. The molecule has 1 saturated heterocycles. The fourth-order valence-corrected chi connectivity index (χ4v) is 2.77. The number of methoxy groups -OCH3 is 1. The Hall–Kier alpha value is 0.650. The highest BCUT2D eigenvalue weighted by atomic mass is 127. The summed E-state index contributed by atoms with van der Waals surface area (Å²) in [5, 5.41) is 0. The fraction of sp³-hybridized carbons (Fsp3) is 1.00. The van der Waals surface area contributed by atoms with Crippen LogP contribution in [0.4, 0.5) is 0 Å². The van der Waals surface area contributed by atoms with Crippen LogP contribution in [-0.2, 0) is 9.47 Å². The van der Waals surface area contributed by atoms with Crippen LogP contribution < -0.4 is 0 Å². The molecule has 3 heteroatoms. The van der Waals surface area contributed by atoms with Crippen molar-refractivity contribution in [1.29, 1.82) is 0 Å². The molecule has 0 amide bonds. The summed E-state index contributed by atoms with van der Waals surface area (Å²) >= 11 is 2.47. The smallest absolute Gasteiger partial charge is 0.161 e. The second-order valence-corrected chi connectivity index (χ2v) is 4.06. The van der Waals surface area contributed by atoms with Crippen LogP contribution in [0.25, 0.3) is 0 Å². The minimum Gasteiger partial charge on any atom is -0.356 e. The van der Waals surface area contributed by atoms with Gasteiger partial charge in [-0.05, 0) is 0 Å². The van der Waals surface area contributed by atoms with E-state index in [0.29, 0.717) is 5.92 Å². The van der Waals surface area contributed by atoms with Gasteiger partial charge in [-0.25, -0.2) is 0 Å². The zero-order chi connectivity index (χ0) is 6.43. The van der Waals surface area contributed by atoms with Crippen LogP contribution in [0.15, 0.2) is 0 Å². The first-order chi connectivity index (χ1) is 4.34. The number of alkyl halides is 1. The average Bonchev–Trinajstić information content (AvgIpc) is 2.41. The third-order valence-corrected chi connectivity index (χ3v) is 3.88. The van der Waals surface area contributed by atoms with E-state index in [-0.39, 0.29) is 6.29 Å².